The third kappa shape index (κ3) is 4.79. The number of hydrogen-bond acceptors (Lipinski definition) is 9. The van der Waals surface area contributed by atoms with Crippen molar-refractivity contribution in [3.05, 3.63) is 42.1 Å². The molecule has 3 aromatic rings. The summed E-state index contributed by atoms with van der Waals surface area (Å²) < 4.78 is 65.9. The maximum absolute atomic E-state index is 13.3. The van der Waals surface area contributed by atoms with Crippen LogP contribution in [0.1, 0.15) is 37.1 Å². The first-order valence-corrected chi connectivity index (χ1v) is 10.5. The molecule has 0 amide bonds. The summed E-state index contributed by atoms with van der Waals surface area (Å²) in [5.41, 5.74) is -1.10. The zero-order valence-corrected chi connectivity index (χ0v) is 17.8. The minimum absolute atomic E-state index is 0.0678. The van der Waals surface area contributed by atoms with Gasteiger partial charge in [-0.05, 0) is 25.0 Å². The summed E-state index contributed by atoms with van der Waals surface area (Å²) in [4.78, 5) is 23.8. The van der Waals surface area contributed by atoms with Crippen LogP contribution < -0.4 is 10.6 Å². The van der Waals surface area contributed by atoms with Crippen LogP contribution in [-0.2, 0) is 11.6 Å². The van der Waals surface area contributed by atoms with Crippen LogP contribution in [-0.4, -0.2) is 41.9 Å². The van der Waals surface area contributed by atoms with Crippen molar-refractivity contribution in [1.29, 1.82) is 5.26 Å². The second kappa shape index (κ2) is 8.03. The molecule has 35 heavy (non-hydrogen) atoms. The Kier molecular flexibility index (Phi) is 5.22. The highest BCUT2D eigenvalue weighted by Crippen LogP contribution is 2.47. The first-order valence-electron chi connectivity index (χ1n) is 10.5. The molecule has 0 radical (unpaired) electrons. The van der Waals surface area contributed by atoms with Crippen LogP contribution >= 0.6 is 0 Å². The molecule has 5 rings (SSSR count). The average Bonchev–Trinajstić information content (AvgIpc) is 3.59. The van der Waals surface area contributed by atoms with Gasteiger partial charge >= 0.3 is 6.18 Å². The van der Waals surface area contributed by atoms with E-state index >= 15 is 0 Å². The zero-order chi connectivity index (χ0) is 24.8. The molecule has 0 saturated heterocycles. The van der Waals surface area contributed by atoms with Crippen molar-refractivity contribution < 1.29 is 22.0 Å². The SMILES string of the molecule is N#CC1(c2cc(Nc3nc(NC4CC(F)(F)C4)nc(-c4cncc(C(F)(F)F)n4)n3)ccn2)CC1. The molecule has 0 unspecified atom stereocenters. The normalized spacial score (nSPS) is 18.3. The predicted molar refractivity (Wildman–Crippen MR) is 111 cm³/mol. The summed E-state index contributed by atoms with van der Waals surface area (Å²) in [5.74, 6) is -3.21. The van der Waals surface area contributed by atoms with Crippen molar-refractivity contribution in [1.82, 2.24) is 29.9 Å². The lowest BCUT2D eigenvalue weighted by Gasteiger charge is -2.35. The van der Waals surface area contributed by atoms with Gasteiger partial charge in [0, 0.05) is 30.8 Å². The van der Waals surface area contributed by atoms with E-state index in [0.717, 1.165) is 6.20 Å². The van der Waals surface area contributed by atoms with Gasteiger partial charge in [0.05, 0.1) is 29.6 Å². The lowest BCUT2D eigenvalue weighted by atomic mass is 9.88. The topological polar surface area (TPSA) is 125 Å². The first kappa shape index (κ1) is 22.8. The third-order valence-corrected chi connectivity index (χ3v) is 5.68. The van der Waals surface area contributed by atoms with Crippen LogP contribution in [0.5, 0.6) is 0 Å². The number of halogens is 5. The van der Waals surface area contributed by atoms with E-state index in [-0.39, 0.29) is 23.4 Å². The third-order valence-electron chi connectivity index (χ3n) is 5.68. The molecule has 3 aromatic heterocycles. The standard InChI is InChI=1S/C21H16F5N9/c22-20(23)6-12(7-20)31-18-34-16(13-8-28-9-15(32-13)21(24,25)26)33-17(35-18)30-11-1-4-29-14(5-11)19(10-27)2-3-19/h1,4-5,8-9,12H,2-3,6-7H2,(H2,29,30,31,33,34,35). The van der Waals surface area contributed by atoms with Crippen LogP contribution in [0.4, 0.5) is 39.5 Å². The van der Waals surface area contributed by atoms with E-state index in [4.69, 9.17) is 0 Å². The number of pyridine rings is 1. The Morgan fingerprint density at radius 3 is 2.43 bits per heavy atom. The molecule has 3 heterocycles. The Hall–Kier alpha value is -4.02. The lowest BCUT2D eigenvalue weighted by Crippen LogP contribution is -2.44. The van der Waals surface area contributed by atoms with Crippen molar-refractivity contribution >= 4 is 17.6 Å². The number of anilines is 3. The van der Waals surface area contributed by atoms with Crippen molar-refractivity contribution in [2.24, 2.45) is 0 Å². The van der Waals surface area contributed by atoms with Gasteiger partial charge in [-0.2, -0.15) is 33.4 Å². The highest BCUT2D eigenvalue weighted by molar-refractivity contribution is 5.59. The number of nitriles is 1. The van der Waals surface area contributed by atoms with Gasteiger partial charge in [-0.25, -0.2) is 13.8 Å². The number of hydrogen-bond donors (Lipinski definition) is 2. The number of aromatic nitrogens is 6. The van der Waals surface area contributed by atoms with E-state index in [0.29, 0.717) is 30.4 Å². The molecule has 0 aliphatic heterocycles. The fourth-order valence-electron chi connectivity index (χ4n) is 3.62. The molecule has 2 aliphatic carbocycles. The fourth-order valence-corrected chi connectivity index (χ4v) is 3.62. The summed E-state index contributed by atoms with van der Waals surface area (Å²) >= 11 is 0. The number of rotatable bonds is 6. The highest BCUT2D eigenvalue weighted by atomic mass is 19.4. The van der Waals surface area contributed by atoms with Crippen molar-refractivity contribution in [2.75, 3.05) is 10.6 Å². The van der Waals surface area contributed by atoms with Crippen molar-refractivity contribution in [3.63, 3.8) is 0 Å². The molecule has 0 aromatic carbocycles. The average molecular weight is 489 g/mol. The van der Waals surface area contributed by atoms with E-state index in [2.05, 4.69) is 46.6 Å². The van der Waals surface area contributed by atoms with E-state index in [1.54, 1.807) is 12.1 Å². The highest BCUT2D eigenvalue weighted by Gasteiger charge is 2.47. The molecule has 0 spiro atoms. The molecule has 0 bridgehead atoms. The molecule has 180 valence electrons. The van der Waals surface area contributed by atoms with Crippen molar-refractivity contribution in [2.45, 2.75) is 49.2 Å². The van der Waals surface area contributed by atoms with E-state index in [1.807, 2.05) is 0 Å². The maximum Gasteiger partial charge on any atom is 0.434 e. The van der Waals surface area contributed by atoms with Gasteiger partial charge in [0.2, 0.25) is 11.9 Å². The minimum Gasteiger partial charge on any atom is -0.351 e. The summed E-state index contributed by atoms with van der Waals surface area (Å²) in [6, 6.07) is 4.89. The summed E-state index contributed by atoms with van der Waals surface area (Å²) in [6.45, 7) is 0. The Morgan fingerprint density at radius 2 is 1.77 bits per heavy atom. The van der Waals surface area contributed by atoms with E-state index in [1.165, 1.54) is 6.20 Å². The monoisotopic (exact) mass is 489 g/mol. The fraction of sp³-hybridized carbons (Fsp3) is 0.381. The van der Waals surface area contributed by atoms with Gasteiger partial charge in [0.15, 0.2) is 11.5 Å². The van der Waals surface area contributed by atoms with Gasteiger partial charge in [-0.3, -0.25) is 9.97 Å². The molecule has 2 N–H and O–H groups in total. The number of alkyl halides is 5. The molecular weight excluding hydrogens is 473 g/mol. The van der Waals surface area contributed by atoms with Gasteiger partial charge in [0.25, 0.3) is 5.92 Å². The van der Waals surface area contributed by atoms with Gasteiger partial charge in [-0.1, -0.05) is 0 Å². The Labute approximate surface area is 194 Å². The van der Waals surface area contributed by atoms with Crippen molar-refractivity contribution in [3.8, 4) is 17.6 Å². The largest absolute Gasteiger partial charge is 0.434 e. The second-order valence-corrected chi connectivity index (χ2v) is 8.45. The van der Waals surface area contributed by atoms with E-state index < -0.39 is 42.1 Å². The van der Waals surface area contributed by atoms with Gasteiger partial charge in [0.1, 0.15) is 5.69 Å². The first-order chi connectivity index (χ1) is 16.6. The van der Waals surface area contributed by atoms with Crippen LogP contribution in [0.3, 0.4) is 0 Å². The minimum atomic E-state index is -4.73. The summed E-state index contributed by atoms with van der Waals surface area (Å²) in [5, 5.41) is 15.1. The Bertz CT molecular complexity index is 1310. The lowest BCUT2D eigenvalue weighted by molar-refractivity contribution is -0.141. The molecule has 2 saturated carbocycles. The van der Waals surface area contributed by atoms with E-state index in [9.17, 15) is 27.2 Å². The quantitative estimate of drug-likeness (QED) is 0.489. The Morgan fingerprint density at radius 1 is 1.03 bits per heavy atom. The molecule has 0 atom stereocenters. The molecular formula is C21H16F5N9. The Balaban J connectivity index is 1.48. The molecule has 14 heteroatoms. The maximum atomic E-state index is 13.3. The van der Waals surface area contributed by atoms with Crippen LogP contribution in [0.25, 0.3) is 11.5 Å². The second-order valence-electron chi connectivity index (χ2n) is 8.45. The smallest absolute Gasteiger partial charge is 0.351 e. The van der Waals surface area contributed by atoms with Crippen LogP contribution in [0.15, 0.2) is 30.7 Å². The molecule has 9 nitrogen and oxygen atoms in total. The van der Waals surface area contributed by atoms with Crippen LogP contribution in [0, 0.1) is 11.3 Å². The molecule has 2 fully saturated rings. The zero-order valence-electron chi connectivity index (χ0n) is 17.8. The summed E-state index contributed by atoms with van der Waals surface area (Å²) in [6.07, 6.45) is -1.08. The predicted octanol–water partition coefficient (Wildman–Crippen LogP) is 4.25. The summed E-state index contributed by atoms with van der Waals surface area (Å²) in [7, 11) is 0. The van der Waals surface area contributed by atoms with Gasteiger partial charge < -0.3 is 10.6 Å². The number of nitrogens with one attached hydrogen (secondary N) is 2. The van der Waals surface area contributed by atoms with Crippen LogP contribution in [0.2, 0.25) is 0 Å². The van der Waals surface area contributed by atoms with Gasteiger partial charge in [-0.15, -0.1) is 0 Å². The number of nitrogens with zero attached hydrogens (tertiary/aromatic N) is 7. The molecule has 2 aliphatic rings.